The van der Waals surface area contributed by atoms with Crippen molar-refractivity contribution < 1.29 is 17.9 Å². The first-order valence-electron chi connectivity index (χ1n) is 9.27. The van der Waals surface area contributed by atoms with Gasteiger partial charge in [-0.1, -0.05) is 28.1 Å². The Labute approximate surface area is 174 Å². The molecule has 2 aromatic carbocycles. The Morgan fingerprint density at radius 1 is 1.14 bits per heavy atom. The van der Waals surface area contributed by atoms with Gasteiger partial charge in [0.15, 0.2) is 5.75 Å². The minimum atomic E-state index is -4.75. The van der Waals surface area contributed by atoms with E-state index in [0.717, 1.165) is 36.2 Å². The maximum absolute atomic E-state index is 12.6. The molecule has 152 valence electrons. The van der Waals surface area contributed by atoms with E-state index in [1.807, 2.05) is 12.1 Å². The molecule has 1 aliphatic rings. The summed E-state index contributed by atoms with van der Waals surface area (Å²) in [6.45, 7) is 2.64. The molecule has 4 nitrogen and oxygen atoms in total. The van der Waals surface area contributed by atoms with Crippen LogP contribution in [-0.4, -0.2) is 31.0 Å². The third-order valence-electron chi connectivity index (χ3n) is 5.02. The summed E-state index contributed by atoms with van der Waals surface area (Å²) < 4.78 is 43.1. The molecule has 29 heavy (non-hydrogen) atoms. The lowest BCUT2D eigenvalue weighted by atomic mass is 10.1. The Morgan fingerprint density at radius 3 is 2.69 bits per heavy atom. The third-order valence-corrected chi connectivity index (χ3v) is 5.55. The van der Waals surface area contributed by atoms with Gasteiger partial charge in [-0.3, -0.25) is 4.98 Å². The van der Waals surface area contributed by atoms with E-state index >= 15 is 0 Å². The second-order valence-electron chi connectivity index (χ2n) is 7.02. The lowest BCUT2D eigenvalue weighted by molar-refractivity contribution is -0.274. The third kappa shape index (κ3) is 4.75. The molecule has 2 heterocycles. The zero-order valence-electron chi connectivity index (χ0n) is 15.4. The molecule has 1 fully saturated rings. The molecule has 4 rings (SSSR count). The fourth-order valence-corrected chi connectivity index (χ4v) is 3.91. The average molecular weight is 466 g/mol. The first kappa shape index (κ1) is 19.8. The van der Waals surface area contributed by atoms with Crippen LogP contribution in [0.4, 0.5) is 24.5 Å². The number of halogens is 4. The van der Waals surface area contributed by atoms with Crippen LogP contribution in [0.2, 0.25) is 0 Å². The molecule has 1 aliphatic heterocycles. The van der Waals surface area contributed by atoms with Crippen LogP contribution in [0, 0.1) is 5.92 Å². The van der Waals surface area contributed by atoms with Gasteiger partial charge in [0.25, 0.3) is 0 Å². The largest absolute Gasteiger partial charge is 0.573 e. The minimum absolute atomic E-state index is 0.192. The van der Waals surface area contributed by atoms with Gasteiger partial charge in [-0.25, -0.2) is 0 Å². The van der Waals surface area contributed by atoms with E-state index in [0.29, 0.717) is 11.3 Å². The van der Waals surface area contributed by atoms with Crippen molar-refractivity contribution in [3.05, 3.63) is 59.2 Å². The number of nitrogens with zero attached hydrogens (tertiary/aromatic N) is 2. The first-order valence-corrected chi connectivity index (χ1v) is 10.1. The summed E-state index contributed by atoms with van der Waals surface area (Å²) in [7, 11) is 0. The van der Waals surface area contributed by atoms with Gasteiger partial charge in [0, 0.05) is 47.1 Å². The Morgan fingerprint density at radius 2 is 1.93 bits per heavy atom. The normalized spacial score (nSPS) is 17.0. The zero-order valence-corrected chi connectivity index (χ0v) is 17.0. The number of ether oxygens (including phenoxy) is 1. The van der Waals surface area contributed by atoms with Crippen molar-refractivity contribution in [2.75, 3.05) is 29.9 Å². The van der Waals surface area contributed by atoms with Crippen molar-refractivity contribution in [2.45, 2.75) is 12.8 Å². The molecule has 1 N–H and O–H groups in total. The molecule has 1 atom stereocenters. The molecule has 0 bridgehead atoms. The standard InChI is InChI=1S/C21H19BrF3N3O/c22-15-4-6-16(7-5-15)28-11-9-14(13-28)12-27-18-8-10-26-20-17(18)2-1-3-19(20)29-21(23,24)25/h1-8,10,14H,9,11-13H2,(H,26,27). The van der Waals surface area contributed by atoms with Crippen molar-refractivity contribution in [3.8, 4) is 5.75 Å². The summed E-state index contributed by atoms with van der Waals surface area (Å²) in [6, 6.07) is 14.6. The van der Waals surface area contributed by atoms with E-state index < -0.39 is 6.36 Å². The molecule has 1 unspecified atom stereocenters. The van der Waals surface area contributed by atoms with Crippen molar-refractivity contribution >= 4 is 38.2 Å². The number of para-hydroxylation sites is 1. The van der Waals surface area contributed by atoms with Crippen LogP contribution in [0.15, 0.2) is 59.2 Å². The van der Waals surface area contributed by atoms with Gasteiger partial charge >= 0.3 is 6.36 Å². The predicted molar refractivity (Wildman–Crippen MR) is 111 cm³/mol. The van der Waals surface area contributed by atoms with Gasteiger partial charge in [0.2, 0.25) is 0 Å². The quantitative estimate of drug-likeness (QED) is 0.513. The second-order valence-corrected chi connectivity index (χ2v) is 7.93. The summed E-state index contributed by atoms with van der Waals surface area (Å²) in [5.41, 5.74) is 2.14. The van der Waals surface area contributed by atoms with Gasteiger partial charge in [-0.2, -0.15) is 0 Å². The predicted octanol–water partition coefficient (Wildman–Crippen LogP) is 5.83. The van der Waals surface area contributed by atoms with Crippen LogP contribution in [0.3, 0.4) is 0 Å². The van der Waals surface area contributed by atoms with Crippen LogP contribution in [0.1, 0.15) is 6.42 Å². The topological polar surface area (TPSA) is 37.4 Å². The smallest absolute Gasteiger partial charge is 0.403 e. The highest BCUT2D eigenvalue weighted by atomic mass is 79.9. The highest BCUT2D eigenvalue weighted by Crippen LogP contribution is 2.33. The molecule has 8 heteroatoms. The van der Waals surface area contributed by atoms with Crippen LogP contribution in [-0.2, 0) is 0 Å². The summed E-state index contributed by atoms with van der Waals surface area (Å²) in [5.74, 6) is 0.150. The van der Waals surface area contributed by atoms with Gasteiger partial charge in [-0.15, -0.1) is 13.2 Å². The fourth-order valence-electron chi connectivity index (χ4n) is 3.65. The molecule has 0 radical (unpaired) electrons. The molecule has 1 saturated heterocycles. The number of nitrogens with one attached hydrogen (secondary N) is 1. The number of anilines is 2. The molecular formula is C21H19BrF3N3O. The van der Waals surface area contributed by atoms with Crippen molar-refractivity contribution in [1.82, 2.24) is 4.98 Å². The number of aromatic nitrogens is 1. The number of benzene rings is 2. The van der Waals surface area contributed by atoms with E-state index in [1.165, 1.54) is 18.0 Å². The van der Waals surface area contributed by atoms with Gasteiger partial charge in [0.05, 0.1) is 0 Å². The summed E-state index contributed by atoms with van der Waals surface area (Å²) in [4.78, 5) is 6.43. The SMILES string of the molecule is FC(F)(F)Oc1cccc2c(NCC3CCN(c4ccc(Br)cc4)C3)ccnc12. The first-order chi connectivity index (χ1) is 13.9. The number of fused-ring (bicyclic) bond motifs is 1. The Hall–Kier alpha value is -2.48. The second kappa shape index (κ2) is 8.10. The van der Waals surface area contributed by atoms with Crippen LogP contribution < -0.4 is 15.0 Å². The molecule has 3 aromatic rings. The summed E-state index contributed by atoms with van der Waals surface area (Å²) >= 11 is 3.45. The number of hydrogen-bond donors (Lipinski definition) is 1. The van der Waals surface area contributed by atoms with E-state index in [-0.39, 0.29) is 11.3 Å². The summed E-state index contributed by atoms with van der Waals surface area (Å²) in [5, 5.41) is 4.00. The van der Waals surface area contributed by atoms with E-state index in [4.69, 9.17) is 0 Å². The monoisotopic (exact) mass is 465 g/mol. The maximum Gasteiger partial charge on any atom is 0.573 e. The Bertz CT molecular complexity index is 995. The summed E-state index contributed by atoms with van der Waals surface area (Å²) in [6.07, 6.45) is -2.20. The van der Waals surface area contributed by atoms with Crippen LogP contribution in [0.5, 0.6) is 5.75 Å². The van der Waals surface area contributed by atoms with E-state index in [2.05, 4.69) is 48.0 Å². The zero-order chi connectivity index (χ0) is 20.4. The number of rotatable bonds is 5. The highest BCUT2D eigenvalue weighted by molar-refractivity contribution is 9.10. The van der Waals surface area contributed by atoms with Crippen molar-refractivity contribution in [1.29, 1.82) is 0 Å². The van der Waals surface area contributed by atoms with Crippen molar-refractivity contribution in [2.24, 2.45) is 5.92 Å². The molecule has 0 amide bonds. The van der Waals surface area contributed by atoms with Crippen molar-refractivity contribution in [3.63, 3.8) is 0 Å². The van der Waals surface area contributed by atoms with Gasteiger partial charge in [0.1, 0.15) is 5.52 Å². The lowest BCUT2D eigenvalue weighted by Crippen LogP contribution is -2.22. The molecular weight excluding hydrogens is 447 g/mol. The molecule has 0 saturated carbocycles. The number of alkyl halides is 3. The lowest BCUT2D eigenvalue weighted by Gasteiger charge is -2.19. The fraction of sp³-hybridized carbons (Fsp3) is 0.286. The minimum Gasteiger partial charge on any atom is -0.403 e. The highest BCUT2D eigenvalue weighted by Gasteiger charge is 2.32. The molecule has 0 spiro atoms. The average Bonchev–Trinajstić information content (AvgIpc) is 3.15. The van der Waals surface area contributed by atoms with Crippen LogP contribution >= 0.6 is 15.9 Å². The molecule has 0 aliphatic carbocycles. The van der Waals surface area contributed by atoms with Crippen LogP contribution in [0.25, 0.3) is 10.9 Å². The van der Waals surface area contributed by atoms with Gasteiger partial charge in [-0.05, 0) is 48.7 Å². The molecule has 1 aromatic heterocycles. The number of pyridine rings is 1. The van der Waals surface area contributed by atoms with E-state index in [1.54, 1.807) is 18.2 Å². The van der Waals surface area contributed by atoms with Gasteiger partial charge < -0.3 is 15.0 Å². The maximum atomic E-state index is 12.6. The number of hydrogen-bond acceptors (Lipinski definition) is 4. The Balaban J connectivity index is 1.45. The van der Waals surface area contributed by atoms with E-state index in [9.17, 15) is 13.2 Å². The Kier molecular flexibility index (Phi) is 5.54.